The first kappa shape index (κ1) is 13.1. The zero-order chi connectivity index (χ0) is 13.1. The molecule has 0 fully saturated rings. The third kappa shape index (κ3) is 2.91. The van der Waals surface area contributed by atoms with Gasteiger partial charge in [0, 0.05) is 10.0 Å². The van der Waals surface area contributed by atoms with Gasteiger partial charge in [0.2, 0.25) is 5.16 Å². The number of carboxylic acid groups (broad SMARTS) is 1. The molecule has 1 aromatic heterocycles. The van der Waals surface area contributed by atoms with Crippen molar-refractivity contribution < 1.29 is 9.90 Å². The van der Waals surface area contributed by atoms with Crippen LogP contribution in [-0.4, -0.2) is 32.0 Å². The first-order chi connectivity index (χ1) is 8.58. The van der Waals surface area contributed by atoms with Crippen LogP contribution in [-0.2, 0) is 4.79 Å². The highest BCUT2D eigenvalue weighted by molar-refractivity contribution is 9.10. The smallest absolute Gasteiger partial charge is 0.313 e. The van der Waals surface area contributed by atoms with Gasteiger partial charge in [0.25, 0.3) is 0 Å². The van der Waals surface area contributed by atoms with Crippen LogP contribution in [0.4, 0.5) is 0 Å². The van der Waals surface area contributed by atoms with E-state index >= 15 is 0 Å². The molecule has 0 atom stereocenters. The molecule has 0 spiro atoms. The van der Waals surface area contributed by atoms with Gasteiger partial charge in [-0.3, -0.25) is 9.89 Å². The first-order valence-corrected chi connectivity index (χ1v) is 6.88. The molecule has 0 aliphatic rings. The summed E-state index contributed by atoms with van der Waals surface area (Å²) in [5, 5.41) is 15.8. The van der Waals surface area contributed by atoms with Gasteiger partial charge in [-0.05, 0) is 18.6 Å². The highest BCUT2D eigenvalue weighted by atomic mass is 79.9. The first-order valence-electron chi connectivity index (χ1n) is 5.10. The van der Waals surface area contributed by atoms with Crippen LogP contribution in [0.25, 0.3) is 11.4 Å². The molecule has 1 heterocycles. The molecule has 2 N–H and O–H groups in total. The largest absolute Gasteiger partial charge is 0.481 e. The van der Waals surface area contributed by atoms with E-state index < -0.39 is 5.97 Å². The fraction of sp³-hybridized carbons (Fsp3) is 0.182. The summed E-state index contributed by atoms with van der Waals surface area (Å²) >= 11 is 4.54. The van der Waals surface area contributed by atoms with Gasteiger partial charge in [0.05, 0.1) is 5.75 Å². The minimum atomic E-state index is -0.884. The maximum Gasteiger partial charge on any atom is 0.313 e. The van der Waals surface area contributed by atoms with Crippen LogP contribution in [0.15, 0.2) is 27.8 Å². The Labute approximate surface area is 116 Å². The van der Waals surface area contributed by atoms with Gasteiger partial charge in [0.1, 0.15) is 0 Å². The van der Waals surface area contributed by atoms with Crippen molar-refractivity contribution in [1.82, 2.24) is 15.2 Å². The van der Waals surface area contributed by atoms with Crippen molar-refractivity contribution in [1.29, 1.82) is 0 Å². The summed E-state index contributed by atoms with van der Waals surface area (Å²) < 4.78 is 0.996. The second-order valence-electron chi connectivity index (χ2n) is 3.56. The van der Waals surface area contributed by atoms with Crippen LogP contribution in [0.5, 0.6) is 0 Å². The predicted octanol–water partition coefficient (Wildman–Crippen LogP) is 2.72. The number of halogens is 1. The van der Waals surface area contributed by atoms with Crippen LogP contribution in [0.1, 0.15) is 5.56 Å². The zero-order valence-corrected chi connectivity index (χ0v) is 11.9. The molecule has 7 heteroatoms. The molecule has 0 bridgehead atoms. The second kappa shape index (κ2) is 5.53. The van der Waals surface area contributed by atoms with E-state index in [2.05, 4.69) is 31.1 Å². The predicted molar refractivity (Wildman–Crippen MR) is 72.6 cm³/mol. The number of aromatic nitrogens is 3. The lowest BCUT2D eigenvalue weighted by Gasteiger charge is -2.03. The van der Waals surface area contributed by atoms with Crippen molar-refractivity contribution in [3.63, 3.8) is 0 Å². The number of benzene rings is 1. The fourth-order valence-electron chi connectivity index (χ4n) is 1.42. The standard InChI is InChI=1S/C11H10BrN3O2S/c1-6-7(3-2-4-8(6)12)10-13-11(15-14-10)18-5-9(16)17/h2-4H,5H2,1H3,(H,16,17)(H,13,14,15). The molecule has 0 aliphatic carbocycles. The van der Waals surface area contributed by atoms with E-state index in [1.807, 2.05) is 25.1 Å². The Morgan fingerprint density at radius 3 is 3.06 bits per heavy atom. The van der Waals surface area contributed by atoms with Crippen LogP contribution >= 0.6 is 27.7 Å². The molecule has 2 aromatic rings. The molecular formula is C11H10BrN3O2S. The Morgan fingerprint density at radius 2 is 2.33 bits per heavy atom. The SMILES string of the molecule is Cc1c(Br)cccc1-c1nc(SCC(=O)O)n[nH]1. The number of aliphatic carboxylic acids is 1. The second-order valence-corrected chi connectivity index (χ2v) is 5.36. The number of aromatic amines is 1. The van der Waals surface area contributed by atoms with Gasteiger partial charge in [-0.25, -0.2) is 4.98 Å². The summed E-state index contributed by atoms with van der Waals surface area (Å²) in [5.74, 6) is -0.291. The average Bonchev–Trinajstić information content (AvgIpc) is 2.78. The summed E-state index contributed by atoms with van der Waals surface area (Å²) in [6.07, 6.45) is 0. The quantitative estimate of drug-likeness (QED) is 0.844. The van der Waals surface area contributed by atoms with Crippen LogP contribution in [0.2, 0.25) is 0 Å². The van der Waals surface area contributed by atoms with E-state index in [1.54, 1.807) is 0 Å². The molecule has 0 unspecified atom stereocenters. The average molecular weight is 328 g/mol. The number of nitrogens with zero attached hydrogens (tertiary/aromatic N) is 2. The molecule has 0 saturated heterocycles. The highest BCUT2D eigenvalue weighted by Gasteiger charge is 2.10. The normalized spacial score (nSPS) is 10.6. The van der Waals surface area contributed by atoms with Crippen molar-refractivity contribution in [3.05, 3.63) is 28.2 Å². The molecule has 0 saturated carbocycles. The lowest BCUT2D eigenvalue weighted by Crippen LogP contribution is -1.97. The molecule has 0 radical (unpaired) electrons. The maximum atomic E-state index is 10.5. The van der Waals surface area contributed by atoms with Crippen LogP contribution < -0.4 is 0 Å². The van der Waals surface area contributed by atoms with Crippen molar-refractivity contribution in [2.24, 2.45) is 0 Å². The molecule has 1 aromatic carbocycles. The number of carbonyl (C=O) groups is 1. The Bertz CT molecular complexity index is 585. The van der Waals surface area contributed by atoms with E-state index in [0.29, 0.717) is 11.0 Å². The van der Waals surface area contributed by atoms with Gasteiger partial charge >= 0.3 is 5.97 Å². The number of carboxylic acids is 1. The van der Waals surface area contributed by atoms with E-state index in [-0.39, 0.29) is 5.75 Å². The molecular weight excluding hydrogens is 318 g/mol. The number of nitrogens with one attached hydrogen (secondary N) is 1. The van der Waals surface area contributed by atoms with Crippen LogP contribution in [0, 0.1) is 6.92 Å². The van der Waals surface area contributed by atoms with Crippen LogP contribution in [0.3, 0.4) is 0 Å². The minimum Gasteiger partial charge on any atom is -0.481 e. The molecule has 0 aliphatic heterocycles. The van der Waals surface area contributed by atoms with Gasteiger partial charge in [-0.1, -0.05) is 39.8 Å². The number of rotatable bonds is 4. The van der Waals surface area contributed by atoms with Gasteiger partial charge in [0.15, 0.2) is 5.82 Å². The van der Waals surface area contributed by atoms with E-state index in [0.717, 1.165) is 27.4 Å². The summed E-state index contributed by atoms with van der Waals surface area (Å²) in [7, 11) is 0. The number of hydrogen-bond donors (Lipinski definition) is 2. The highest BCUT2D eigenvalue weighted by Crippen LogP contribution is 2.27. The zero-order valence-electron chi connectivity index (χ0n) is 9.48. The molecule has 0 amide bonds. The van der Waals surface area contributed by atoms with Gasteiger partial charge < -0.3 is 5.11 Å². The lowest BCUT2D eigenvalue weighted by atomic mass is 10.1. The molecule has 2 rings (SSSR count). The Hall–Kier alpha value is -1.34. The monoisotopic (exact) mass is 327 g/mol. The summed E-state index contributed by atoms with van der Waals surface area (Å²) in [4.78, 5) is 14.7. The Balaban J connectivity index is 2.24. The third-order valence-corrected chi connectivity index (χ3v) is 4.00. The molecule has 5 nitrogen and oxygen atoms in total. The van der Waals surface area contributed by atoms with Crippen molar-refractivity contribution >= 4 is 33.7 Å². The third-order valence-electron chi connectivity index (χ3n) is 2.31. The van der Waals surface area contributed by atoms with Crippen molar-refractivity contribution in [2.45, 2.75) is 12.1 Å². The minimum absolute atomic E-state index is 0.0469. The van der Waals surface area contributed by atoms with Crippen molar-refractivity contribution in [3.8, 4) is 11.4 Å². The van der Waals surface area contributed by atoms with E-state index in [4.69, 9.17) is 5.11 Å². The summed E-state index contributed by atoms with van der Waals surface area (Å²) in [5.41, 5.74) is 2.00. The Kier molecular flexibility index (Phi) is 4.03. The van der Waals surface area contributed by atoms with E-state index in [1.165, 1.54) is 0 Å². The summed E-state index contributed by atoms with van der Waals surface area (Å²) in [6, 6.07) is 5.81. The van der Waals surface area contributed by atoms with Gasteiger partial charge in [-0.2, -0.15) is 0 Å². The van der Waals surface area contributed by atoms with Gasteiger partial charge in [-0.15, -0.1) is 5.10 Å². The number of hydrogen-bond acceptors (Lipinski definition) is 4. The number of H-pyrrole nitrogens is 1. The topological polar surface area (TPSA) is 78.9 Å². The lowest BCUT2D eigenvalue weighted by molar-refractivity contribution is -0.133. The Morgan fingerprint density at radius 1 is 1.56 bits per heavy atom. The molecule has 18 heavy (non-hydrogen) atoms. The molecule has 94 valence electrons. The number of thioether (sulfide) groups is 1. The van der Waals surface area contributed by atoms with E-state index in [9.17, 15) is 4.79 Å². The summed E-state index contributed by atoms with van der Waals surface area (Å²) in [6.45, 7) is 1.98. The fourth-order valence-corrected chi connectivity index (χ4v) is 2.31. The van der Waals surface area contributed by atoms with Crippen molar-refractivity contribution in [2.75, 3.05) is 5.75 Å². The maximum absolute atomic E-state index is 10.5.